The van der Waals surface area contributed by atoms with Crippen molar-refractivity contribution in [3.05, 3.63) is 94.8 Å². The smallest absolute Gasteiger partial charge is 0.300 e. The van der Waals surface area contributed by atoms with Gasteiger partial charge in [-0.15, -0.1) is 0 Å². The van der Waals surface area contributed by atoms with Crippen LogP contribution in [0.3, 0.4) is 0 Å². The van der Waals surface area contributed by atoms with Crippen molar-refractivity contribution in [3.63, 3.8) is 0 Å². The van der Waals surface area contributed by atoms with E-state index in [1.54, 1.807) is 48.8 Å². The van der Waals surface area contributed by atoms with Crippen molar-refractivity contribution in [1.82, 2.24) is 4.98 Å². The van der Waals surface area contributed by atoms with E-state index in [0.29, 0.717) is 22.6 Å². The molecule has 0 bridgehead atoms. The number of benzene rings is 2. The van der Waals surface area contributed by atoms with Gasteiger partial charge in [-0.1, -0.05) is 30.3 Å². The van der Waals surface area contributed by atoms with Crippen molar-refractivity contribution in [1.29, 1.82) is 0 Å². The fourth-order valence-electron chi connectivity index (χ4n) is 3.86. The molecule has 2 aromatic carbocycles. The zero-order chi connectivity index (χ0) is 22.1. The van der Waals surface area contributed by atoms with E-state index in [2.05, 4.69) is 4.98 Å². The summed E-state index contributed by atoms with van der Waals surface area (Å²) >= 11 is 0. The number of carbonyl (C=O) groups is 2. The van der Waals surface area contributed by atoms with Crippen molar-refractivity contribution >= 4 is 23.1 Å². The summed E-state index contributed by atoms with van der Waals surface area (Å²) in [5.74, 6) is -1.15. The van der Waals surface area contributed by atoms with Crippen LogP contribution in [-0.4, -0.2) is 28.9 Å². The Balaban J connectivity index is 1.97. The number of aromatic nitrogens is 1. The first-order chi connectivity index (χ1) is 14.9. The second-order valence-corrected chi connectivity index (χ2v) is 7.41. The van der Waals surface area contributed by atoms with Crippen molar-refractivity contribution in [2.45, 2.75) is 19.9 Å². The minimum atomic E-state index is -0.805. The van der Waals surface area contributed by atoms with E-state index in [4.69, 9.17) is 4.74 Å². The highest BCUT2D eigenvalue weighted by atomic mass is 16.5. The van der Waals surface area contributed by atoms with Gasteiger partial charge in [0.15, 0.2) is 0 Å². The number of ether oxygens (including phenoxy) is 1. The van der Waals surface area contributed by atoms with Crippen molar-refractivity contribution < 1.29 is 19.4 Å². The Hall–Kier alpha value is -3.93. The monoisotopic (exact) mass is 414 g/mol. The predicted molar refractivity (Wildman–Crippen MR) is 118 cm³/mol. The molecule has 1 saturated heterocycles. The lowest BCUT2D eigenvalue weighted by atomic mass is 9.95. The van der Waals surface area contributed by atoms with Crippen molar-refractivity contribution in [2.24, 2.45) is 0 Å². The number of aliphatic hydroxyl groups excluding tert-OH is 1. The summed E-state index contributed by atoms with van der Waals surface area (Å²) in [7, 11) is 1.52. The maximum absolute atomic E-state index is 13.2. The first-order valence-corrected chi connectivity index (χ1v) is 9.85. The van der Waals surface area contributed by atoms with Gasteiger partial charge in [0.05, 0.1) is 18.7 Å². The fraction of sp³-hybridized carbons (Fsp3) is 0.160. The molecule has 1 fully saturated rings. The summed E-state index contributed by atoms with van der Waals surface area (Å²) in [6, 6.07) is 15.1. The topological polar surface area (TPSA) is 79.7 Å². The number of anilines is 1. The lowest BCUT2D eigenvalue weighted by Crippen LogP contribution is -2.30. The summed E-state index contributed by atoms with van der Waals surface area (Å²) in [5, 5.41) is 11.2. The Morgan fingerprint density at radius 1 is 1.06 bits per heavy atom. The second kappa shape index (κ2) is 8.07. The third kappa shape index (κ3) is 3.46. The number of hydrogen-bond acceptors (Lipinski definition) is 5. The highest BCUT2D eigenvalue weighted by Gasteiger charge is 2.47. The third-order valence-corrected chi connectivity index (χ3v) is 5.62. The van der Waals surface area contributed by atoms with E-state index in [1.807, 2.05) is 32.0 Å². The first kappa shape index (κ1) is 20.3. The summed E-state index contributed by atoms with van der Waals surface area (Å²) in [6.45, 7) is 3.86. The van der Waals surface area contributed by atoms with Gasteiger partial charge in [-0.3, -0.25) is 19.5 Å². The molecule has 1 atom stereocenters. The molecule has 0 spiro atoms. The SMILES string of the molecule is COc1cccc(/C(O)=C2\C(=O)C(=O)N(c3cccc(C)c3C)C2c2cccnc2)c1. The number of methoxy groups -OCH3 is 1. The summed E-state index contributed by atoms with van der Waals surface area (Å²) in [5.41, 5.74) is 3.56. The maximum atomic E-state index is 13.2. The van der Waals surface area contributed by atoms with Gasteiger partial charge < -0.3 is 9.84 Å². The molecule has 4 rings (SSSR count). The highest BCUT2D eigenvalue weighted by molar-refractivity contribution is 6.51. The van der Waals surface area contributed by atoms with Gasteiger partial charge in [0.1, 0.15) is 11.5 Å². The fourth-order valence-corrected chi connectivity index (χ4v) is 3.86. The summed E-state index contributed by atoms with van der Waals surface area (Å²) in [4.78, 5) is 32.0. The van der Waals surface area contributed by atoms with E-state index in [9.17, 15) is 14.7 Å². The van der Waals surface area contributed by atoms with Gasteiger partial charge >= 0.3 is 0 Å². The molecule has 1 aromatic heterocycles. The Morgan fingerprint density at radius 2 is 1.84 bits per heavy atom. The van der Waals surface area contributed by atoms with Gasteiger partial charge in [0.25, 0.3) is 11.7 Å². The van der Waals surface area contributed by atoms with E-state index < -0.39 is 17.7 Å². The molecule has 0 saturated carbocycles. The number of hydrogen-bond donors (Lipinski definition) is 1. The molecule has 0 aliphatic carbocycles. The number of ketones is 1. The Labute approximate surface area is 180 Å². The molecule has 6 nitrogen and oxygen atoms in total. The number of amides is 1. The zero-order valence-corrected chi connectivity index (χ0v) is 17.5. The Kier molecular flexibility index (Phi) is 5.29. The molecule has 1 amide bonds. The number of aryl methyl sites for hydroxylation is 1. The molecule has 1 aliphatic rings. The average molecular weight is 414 g/mol. The molecule has 3 aromatic rings. The molecular formula is C25H22N2O4. The van der Waals surface area contributed by atoms with Crippen molar-refractivity contribution in [2.75, 3.05) is 12.0 Å². The van der Waals surface area contributed by atoms with Crippen LogP contribution in [0.1, 0.15) is 28.3 Å². The number of rotatable bonds is 4. The number of pyridine rings is 1. The van der Waals surface area contributed by atoms with Crippen LogP contribution in [0.15, 0.2) is 72.6 Å². The zero-order valence-electron chi connectivity index (χ0n) is 17.5. The highest BCUT2D eigenvalue weighted by Crippen LogP contribution is 2.43. The Bertz CT molecular complexity index is 1200. The van der Waals surface area contributed by atoms with Gasteiger partial charge in [0, 0.05) is 23.6 Å². The number of aliphatic hydroxyl groups is 1. The molecule has 1 unspecified atom stereocenters. The Morgan fingerprint density at radius 3 is 2.55 bits per heavy atom. The minimum absolute atomic E-state index is 0.0205. The predicted octanol–water partition coefficient (Wildman–Crippen LogP) is 4.33. The number of carbonyl (C=O) groups excluding carboxylic acids is 2. The lowest BCUT2D eigenvalue weighted by molar-refractivity contribution is -0.132. The molecule has 1 aliphatic heterocycles. The maximum Gasteiger partial charge on any atom is 0.300 e. The normalized spacial score (nSPS) is 17.8. The second-order valence-electron chi connectivity index (χ2n) is 7.41. The average Bonchev–Trinajstić information content (AvgIpc) is 3.06. The number of nitrogens with zero attached hydrogens (tertiary/aromatic N) is 2. The standard InChI is InChI=1S/C25H22N2O4/c1-15-7-4-11-20(16(15)2)27-22(18-9-6-12-26-14-18)21(24(29)25(27)30)23(28)17-8-5-10-19(13-17)31-3/h4-14,22,28H,1-3H3/b23-21+. The van der Waals surface area contributed by atoms with Crippen LogP contribution >= 0.6 is 0 Å². The van der Waals surface area contributed by atoms with Crippen LogP contribution in [0.25, 0.3) is 5.76 Å². The molecular weight excluding hydrogens is 392 g/mol. The molecule has 6 heteroatoms. The van der Waals surface area contributed by atoms with Crippen LogP contribution in [0, 0.1) is 13.8 Å². The molecule has 0 radical (unpaired) electrons. The van der Waals surface area contributed by atoms with Gasteiger partial charge in [0.2, 0.25) is 0 Å². The molecule has 1 N–H and O–H groups in total. The van der Waals surface area contributed by atoms with Gasteiger partial charge in [-0.05, 0) is 54.8 Å². The molecule has 2 heterocycles. The summed E-state index contributed by atoms with van der Waals surface area (Å²) < 4.78 is 5.24. The van der Waals surface area contributed by atoms with Gasteiger partial charge in [-0.2, -0.15) is 0 Å². The minimum Gasteiger partial charge on any atom is -0.507 e. The van der Waals surface area contributed by atoms with Crippen LogP contribution in [0.4, 0.5) is 5.69 Å². The molecule has 156 valence electrons. The number of Topliss-reactive ketones (excluding diaryl/α,β-unsaturated/α-hetero) is 1. The van der Waals surface area contributed by atoms with Crippen molar-refractivity contribution in [3.8, 4) is 5.75 Å². The van der Waals surface area contributed by atoms with E-state index in [0.717, 1.165) is 11.1 Å². The van der Waals surface area contributed by atoms with E-state index in [1.165, 1.54) is 12.0 Å². The van der Waals surface area contributed by atoms with E-state index in [-0.39, 0.29) is 11.3 Å². The van der Waals surface area contributed by atoms with Crippen LogP contribution in [0.2, 0.25) is 0 Å². The first-order valence-electron chi connectivity index (χ1n) is 9.85. The van der Waals surface area contributed by atoms with Crippen LogP contribution < -0.4 is 9.64 Å². The molecule has 31 heavy (non-hydrogen) atoms. The van der Waals surface area contributed by atoms with Crippen LogP contribution in [-0.2, 0) is 9.59 Å². The van der Waals surface area contributed by atoms with Gasteiger partial charge in [-0.25, -0.2) is 0 Å². The van der Waals surface area contributed by atoms with Crippen LogP contribution in [0.5, 0.6) is 5.75 Å². The third-order valence-electron chi connectivity index (χ3n) is 5.62. The van der Waals surface area contributed by atoms with E-state index >= 15 is 0 Å². The summed E-state index contributed by atoms with van der Waals surface area (Å²) in [6.07, 6.45) is 3.23. The quantitative estimate of drug-likeness (QED) is 0.390. The largest absolute Gasteiger partial charge is 0.507 e. The lowest BCUT2D eigenvalue weighted by Gasteiger charge is -2.27.